The first-order chi connectivity index (χ1) is 17.8. The molecule has 0 aromatic heterocycles. The molecule has 0 rings (SSSR count). The summed E-state index contributed by atoms with van der Waals surface area (Å²) in [5, 5.41) is 3.46. The Hall–Kier alpha value is 0.0738. The Morgan fingerprint density at radius 2 is 0.757 bits per heavy atom. The molecule has 9 nitrogen and oxygen atoms in total. The highest BCUT2D eigenvalue weighted by molar-refractivity contribution is 6.62. The van der Waals surface area contributed by atoms with Crippen LogP contribution < -0.4 is 5.32 Å². The second-order valence-corrected chi connectivity index (χ2v) is 14.2. The van der Waals surface area contributed by atoms with E-state index in [-0.39, 0.29) is 23.9 Å². The van der Waals surface area contributed by atoms with Crippen LogP contribution in [0.15, 0.2) is 0 Å². The van der Waals surface area contributed by atoms with Gasteiger partial charge in [-0.1, -0.05) is 39.5 Å². The second kappa shape index (κ2) is 21.8. The largest absolute Gasteiger partial charge is 0.531 e. The third-order valence-electron chi connectivity index (χ3n) is 5.71. The topological polar surface area (TPSA) is 85.9 Å². The lowest BCUT2D eigenvalue weighted by atomic mass is 10.2. The lowest BCUT2D eigenvalue weighted by molar-refractivity contribution is -0.0948. The molecule has 4 atom stereocenters. The maximum Gasteiger partial charge on any atom is 0.531 e. The van der Waals surface area contributed by atoms with Crippen molar-refractivity contribution in [3.63, 3.8) is 0 Å². The molecule has 0 fully saturated rings. The molecule has 4 unspecified atom stereocenters. The Bertz CT molecular complexity index is 457. The number of rotatable bonds is 26. The predicted octanol–water partition coefficient (Wildman–Crippen LogP) is 5.59. The Labute approximate surface area is 230 Å². The first-order valence-electron chi connectivity index (χ1n) is 14.7. The van der Waals surface area contributed by atoms with Crippen LogP contribution in [0.5, 0.6) is 0 Å². The van der Waals surface area contributed by atoms with Crippen molar-refractivity contribution in [2.75, 3.05) is 39.6 Å². The Morgan fingerprint density at radius 1 is 0.486 bits per heavy atom. The summed E-state index contributed by atoms with van der Waals surface area (Å²) in [5.74, 6) is 0. The molecule has 0 aliphatic carbocycles. The van der Waals surface area contributed by atoms with Gasteiger partial charge in [0.05, 0.1) is 0 Å². The average Bonchev–Trinajstić information content (AvgIpc) is 2.85. The van der Waals surface area contributed by atoms with Gasteiger partial charge in [0.15, 0.2) is 0 Å². The first kappa shape index (κ1) is 37.1. The average molecular weight is 570 g/mol. The molecule has 1 N–H and O–H groups in total. The molecule has 37 heavy (non-hydrogen) atoms. The van der Waals surface area contributed by atoms with Crippen LogP contribution in [0.25, 0.3) is 0 Å². The molecule has 224 valence electrons. The van der Waals surface area contributed by atoms with E-state index in [0.29, 0.717) is 39.6 Å². The highest BCUT2D eigenvalue weighted by Gasteiger charge is 2.52. The lowest BCUT2D eigenvalue weighted by Crippen LogP contribution is -2.61. The summed E-state index contributed by atoms with van der Waals surface area (Å²) in [4.78, 5) is 0. The summed E-state index contributed by atoms with van der Waals surface area (Å²) >= 11 is 0. The summed E-state index contributed by atoms with van der Waals surface area (Å²) in [5.41, 5.74) is -0.553. The van der Waals surface area contributed by atoms with E-state index >= 15 is 0 Å². The third-order valence-corrected chi connectivity index (χ3v) is 12.3. The second-order valence-electron chi connectivity index (χ2n) is 8.79. The van der Waals surface area contributed by atoms with Crippen LogP contribution in [0.3, 0.4) is 0 Å². The number of hydrogen-bond donors (Lipinski definition) is 1. The van der Waals surface area contributed by atoms with Gasteiger partial charge in [0.25, 0.3) is 0 Å². The van der Waals surface area contributed by atoms with Gasteiger partial charge in [-0.15, -0.1) is 0 Å². The monoisotopic (exact) mass is 569 g/mol. The Morgan fingerprint density at radius 3 is 0.973 bits per heavy atom. The van der Waals surface area contributed by atoms with E-state index in [9.17, 15) is 0 Å². The highest BCUT2D eigenvalue weighted by Crippen LogP contribution is 2.26. The Balaban J connectivity index is 5.69. The number of hydrogen-bond acceptors (Lipinski definition) is 9. The summed E-state index contributed by atoms with van der Waals surface area (Å²) in [7, 11) is -6.09. The maximum absolute atomic E-state index is 6.55. The number of nitrogens with one attached hydrogen (secondary N) is 1. The summed E-state index contributed by atoms with van der Waals surface area (Å²) in [6, 6.07) is 0. The van der Waals surface area contributed by atoms with Crippen molar-refractivity contribution in [3.05, 3.63) is 0 Å². The summed E-state index contributed by atoms with van der Waals surface area (Å²) < 4.78 is 50.2. The van der Waals surface area contributed by atoms with Crippen LogP contribution in [-0.2, 0) is 36.0 Å². The third kappa shape index (κ3) is 13.3. The molecule has 0 saturated carbocycles. The fourth-order valence-corrected chi connectivity index (χ4v) is 10.2. The fourth-order valence-electron chi connectivity index (χ4n) is 4.35. The molecule has 0 spiro atoms. The molecule has 0 heterocycles. The minimum Gasteiger partial charge on any atom is -0.372 e. The molecular weight excluding hydrogens is 510 g/mol. The summed E-state index contributed by atoms with van der Waals surface area (Å²) in [6.07, 6.45) is 5.06. The summed E-state index contributed by atoms with van der Waals surface area (Å²) in [6.45, 7) is 23.2. The van der Waals surface area contributed by atoms with Crippen molar-refractivity contribution in [2.45, 2.75) is 132 Å². The van der Waals surface area contributed by atoms with Gasteiger partial charge < -0.3 is 36.0 Å². The zero-order valence-electron chi connectivity index (χ0n) is 25.6. The molecule has 0 aliphatic rings. The molecule has 11 heteroatoms. The quantitative estimate of drug-likeness (QED) is 0.106. The molecular formula is C26H59NO8Si2. The van der Waals surface area contributed by atoms with E-state index in [2.05, 4.69) is 19.2 Å². The Kier molecular flexibility index (Phi) is 21.9. The molecule has 0 amide bonds. The van der Waals surface area contributed by atoms with Gasteiger partial charge in [-0.3, -0.25) is 5.32 Å². The van der Waals surface area contributed by atoms with Crippen molar-refractivity contribution in [3.8, 4) is 0 Å². The number of ether oxygens (including phenoxy) is 2. The van der Waals surface area contributed by atoms with Crippen molar-refractivity contribution in [1.29, 1.82) is 0 Å². The number of unbranched alkanes of at least 4 members (excludes halogenated alkanes) is 2. The maximum atomic E-state index is 6.55. The normalized spacial score (nSPS) is 16.1. The molecule has 0 bridgehead atoms. The first-order valence-corrected chi connectivity index (χ1v) is 18.3. The minimum atomic E-state index is -3.04. The van der Waals surface area contributed by atoms with Crippen LogP contribution in [-0.4, -0.2) is 81.2 Å². The van der Waals surface area contributed by atoms with E-state index in [0.717, 1.165) is 38.5 Å². The van der Waals surface area contributed by atoms with E-state index < -0.39 is 17.6 Å². The van der Waals surface area contributed by atoms with Crippen LogP contribution in [0.4, 0.5) is 0 Å². The van der Waals surface area contributed by atoms with Crippen LogP contribution in [0.2, 0.25) is 0 Å². The fraction of sp³-hybridized carbons (Fsp3) is 1.00. The van der Waals surface area contributed by atoms with Crippen molar-refractivity contribution < 1.29 is 36.0 Å². The van der Waals surface area contributed by atoms with Gasteiger partial charge in [0, 0.05) is 39.6 Å². The van der Waals surface area contributed by atoms with Crippen molar-refractivity contribution >= 4 is 17.6 Å². The van der Waals surface area contributed by atoms with Gasteiger partial charge in [0.2, 0.25) is 0 Å². The smallest absolute Gasteiger partial charge is 0.372 e. The zero-order valence-corrected chi connectivity index (χ0v) is 27.6. The molecule has 0 saturated heterocycles. The van der Waals surface area contributed by atoms with E-state index in [1.165, 1.54) is 0 Å². The minimum absolute atomic E-state index is 0.276. The van der Waals surface area contributed by atoms with Crippen LogP contribution in [0.1, 0.15) is 108 Å². The van der Waals surface area contributed by atoms with Gasteiger partial charge in [-0.05, 0) is 68.2 Å². The van der Waals surface area contributed by atoms with Crippen molar-refractivity contribution in [1.82, 2.24) is 5.32 Å². The molecule has 0 aromatic rings. The predicted molar refractivity (Wildman–Crippen MR) is 152 cm³/mol. The van der Waals surface area contributed by atoms with Crippen molar-refractivity contribution in [2.24, 2.45) is 0 Å². The van der Waals surface area contributed by atoms with Gasteiger partial charge in [-0.25, -0.2) is 0 Å². The van der Waals surface area contributed by atoms with E-state index in [1.807, 2.05) is 55.4 Å². The van der Waals surface area contributed by atoms with Crippen LogP contribution >= 0.6 is 0 Å². The molecule has 0 aromatic carbocycles. The SMILES string of the molecule is CCCCC(OC(C)NC(C)OC(CCCC)[Si](OCC)(OCC)OCC)[Si](OCC)(OCC)OCC. The standard InChI is InChI=1S/C26H59NO8Si2/c1-11-19-21-25(36(28-13-3,29-14-4)30-15-5)34-23(9)27-24(10)35-26(22-20-12-2)37(31-16-6,32-17-7)33-18-8/h23-27H,11-22H2,1-10H3. The molecule has 0 radical (unpaired) electrons. The van der Waals surface area contributed by atoms with Gasteiger partial charge >= 0.3 is 17.6 Å². The van der Waals surface area contributed by atoms with Crippen LogP contribution in [0, 0.1) is 0 Å². The molecule has 0 aliphatic heterocycles. The van der Waals surface area contributed by atoms with E-state index in [4.69, 9.17) is 36.0 Å². The highest BCUT2D eigenvalue weighted by atomic mass is 28.4. The lowest BCUT2D eigenvalue weighted by Gasteiger charge is -2.38. The zero-order chi connectivity index (χ0) is 28.2. The van der Waals surface area contributed by atoms with Gasteiger partial charge in [0.1, 0.15) is 23.9 Å². The van der Waals surface area contributed by atoms with E-state index in [1.54, 1.807) is 0 Å². The van der Waals surface area contributed by atoms with Gasteiger partial charge in [-0.2, -0.15) is 0 Å².